The number of hydrogen-bond donors (Lipinski definition) is 0. The van der Waals surface area contributed by atoms with Crippen molar-refractivity contribution < 1.29 is 21.6 Å². The highest BCUT2D eigenvalue weighted by Crippen LogP contribution is 2.32. The maximum absolute atomic E-state index is 13.0. The molecule has 1 aromatic heterocycles. The van der Waals surface area contributed by atoms with E-state index in [-0.39, 0.29) is 10.7 Å². The highest BCUT2D eigenvalue weighted by Gasteiger charge is 2.37. The van der Waals surface area contributed by atoms with Gasteiger partial charge in [-0.15, -0.1) is 5.10 Å². The number of aromatic nitrogens is 3. The number of sulfone groups is 1. The number of halogens is 3. The molecule has 0 bridgehead atoms. The molecule has 0 fully saturated rings. The van der Waals surface area contributed by atoms with E-state index in [1.165, 1.54) is 24.3 Å². The van der Waals surface area contributed by atoms with Crippen LogP contribution in [0.4, 0.5) is 13.2 Å². The average molecular weight is 371 g/mol. The zero-order chi connectivity index (χ0) is 18.2. The second-order valence-corrected chi connectivity index (χ2v) is 7.93. The van der Waals surface area contributed by atoms with Crippen LogP contribution in [-0.4, -0.2) is 29.4 Å². The van der Waals surface area contributed by atoms with Crippen LogP contribution < -0.4 is 0 Å². The third kappa shape index (κ3) is 3.76. The predicted octanol–water partition coefficient (Wildman–Crippen LogP) is 3.65. The van der Waals surface area contributed by atoms with Crippen molar-refractivity contribution in [1.29, 1.82) is 0 Å². The Morgan fingerprint density at radius 1 is 1.12 bits per heavy atom. The van der Waals surface area contributed by atoms with Gasteiger partial charge in [0.1, 0.15) is 0 Å². The molecule has 1 aromatic carbocycles. The van der Waals surface area contributed by atoms with Crippen LogP contribution in [-0.2, 0) is 16.0 Å². The van der Waals surface area contributed by atoms with Crippen LogP contribution in [0.5, 0.6) is 0 Å². The Balaban J connectivity index is 2.11. The molecule has 2 aromatic rings. The second kappa shape index (κ2) is 6.29. The van der Waals surface area contributed by atoms with E-state index in [0.717, 1.165) is 35.8 Å². The molecule has 0 unspecified atom stereocenters. The third-order valence-corrected chi connectivity index (χ3v) is 5.08. The Morgan fingerprint density at radius 3 is 2.32 bits per heavy atom. The van der Waals surface area contributed by atoms with Crippen LogP contribution in [0.2, 0.25) is 0 Å². The van der Waals surface area contributed by atoms with Crippen LogP contribution in [0.1, 0.15) is 37.3 Å². The van der Waals surface area contributed by atoms with Crippen molar-refractivity contribution >= 4 is 15.4 Å². The lowest BCUT2D eigenvalue weighted by atomic mass is 9.99. The number of nitrogens with zero attached hydrogens (tertiary/aromatic N) is 3. The van der Waals surface area contributed by atoms with E-state index < -0.39 is 21.8 Å². The van der Waals surface area contributed by atoms with Gasteiger partial charge in [0.25, 0.3) is 5.82 Å². The molecule has 0 N–H and O–H groups in total. The van der Waals surface area contributed by atoms with Crippen LogP contribution in [0.3, 0.4) is 0 Å². The van der Waals surface area contributed by atoms with Gasteiger partial charge < -0.3 is 0 Å². The zero-order valence-corrected chi connectivity index (χ0v) is 14.2. The Hall–Kier alpha value is -2.16. The fourth-order valence-corrected chi connectivity index (χ4v) is 3.33. The maximum Gasteiger partial charge on any atom is 0.453 e. The highest BCUT2D eigenvalue weighted by molar-refractivity contribution is 7.90. The molecule has 0 aliphatic heterocycles. The fraction of sp³-hybridized carbons (Fsp3) is 0.375. The lowest BCUT2D eigenvalue weighted by Gasteiger charge is -2.13. The minimum absolute atomic E-state index is 0.0887. The smallest absolute Gasteiger partial charge is 0.224 e. The third-order valence-electron chi connectivity index (χ3n) is 3.95. The molecule has 9 heteroatoms. The van der Waals surface area contributed by atoms with Crippen molar-refractivity contribution in [2.24, 2.45) is 0 Å². The Kier molecular flexibility index (Phi) is 4.44. The zero-order valence-electron chi connectivity index (χ0n) is 13.4. The van der Waals surface area contributed by atoms with Crippen molar-refractivity contribution in [2.45, 2.75) is 36.8 Å². The standard InChI is InChI=1S/C16H16F3N3O2S/c1-25(23,24)13-9-7-12(8-10-13)22-14(11-5-3-2-4-6-11)20-15(21-22)16(17,18)19/h5,7-10H,2-4,6H2,1H3. The first kappa shape index (κ1) is 17.7. The topological polar surface area (TPSA) is 64.8 Å². The first-order valence-corrected chi connectivity index (χ1v) is 9.59. The Labute approximate surface area is 143 Å². The molecule has 0 saturated carbocycles. The van der Waals surface area contributed by atoms with Gasteiger partial charge in [0, 0.05) is 6.26 Å². The summed E-state index contributed by atoms with van der Waals surface area (Å²) in [7, 11) is -3.39. The molecule has 0 radical (unpaired) electrons. The molecule has 1 heterocycles. The molecular weight excluding hydrogens is 355 g/mol. The highest BCUT2D eigenvalue weighted by atomic mass is 32.2. The Morgan fingerprint density at radius 2 is 1.80 bits per heavy atom. The van der Waals surface area contributed by atoms with Gasteiger partial charge >= 0.3 is 6.18 Å². The van der Waals surface area contributed by atoms with E-state index >= 15 is 0 Å². The predicted molar refractivity (Wildman–Crippen MR) is 85.9 cm³/mol. The van der Waals surface area contributed by atoms with E-state index in [4.69, 9.17) is 0 Å². The largest absolute Gasteiger partial charge is 0.453 e. The summed E-state index contributed by atoms with van der Waals surface area (Å²) in [6, 6.07) is 5.55. The summed E-state index contributed by atoms with van der Waals surface area (Å²) in [6.07, 6.45) is 1.60. The van der Waals surface area contributed by atoms with Crippen LogP contribution in [0.15, 0.2) is 35.2 Å². The van der Waals surface area contributed by atoms with Crippen LogP contribution in [0.25, 0.3) is 11.3 Å². The van der Waals surface area contributed by atoms with Gasteiger partial charge in [-0.3, -0.25) is 0 Å². The number of allylic oxidation sites excluding steroid dienone is 2. The van der Waals surface area contributed by atoms with Crippen molar-refractivity contribution in [3.63, 3.8) is 0 Å². The fourth-order valence-electron chi connectivity index (χ4n) is 2.70. The van der Waals surface area contributed by atoms with E-state index in [9.17, 15) is 21.6 Å². The summed E-state index contributed by atoms with van der Waals surface area (Å²) in [5.74, 6) is -1.06. The monoisotopic (exact) mass is 371 g/mol. The van der Waals surface area contributed by atoms with Gasteiger partial charge in [0.05, 0.1) is 10.6 Å². The number of alkyl halides is 3. The molecule has 0 amide bonds. The molecule has 25 heavy (non-hydrogen) atoms. The summed E-state index contributed by atoms with van der Waals surface area (Å²) < 4.78 is 63.3. The molecule has 134 valence electrons. The van der Waals surface area contributed by atoms with Gasteiger partial charge in [0.15, 0.2) is 15.7 Å². The van der Waals surface area contributed by atoms with E-state index in [0.29, 0.717) is 12.1 Å². The number of hydrogen-bond acceptors (Lipinski definition) is 4. The minimum Gasteiger partial charge on any atom is -0.224 e. The van der Waals surface area contributed by atoms with Gasteiger partial charge in [-0.25, -0.2) is 18.1 Å². The average Bonchev–Trinajstić information content (AvgIpc) is 3.00. The Bertz CT molecular complexity index is 913. The SMILES string of the molecule is CS(=O)(=O)c1ccc(-n2nc(C(F)(F)F)nc2C2=CCCCC2)cc1. The van der Waals surface area contributed by atoms with E-state index in [1.807, 2.05) is 6.08 Å². The summed E-state index contributed by atoms with van der Waals surface area (Å²) in [5, 5.41) is 3.61. The summed E-state index contributed by atoms with van der Waals surface area (Å²) >= 11 is 0. The van der Waals surface area contributed by atoms with Crippen molar-refractivity contribution in [3.05, 3.63) is 42.0 Å². The molecule has 0 saturated heterocycles. The molecular formula is C16H16F3N3O2S. The summed E-state index contributed by atoms with van der Waals surface area (Å²) in [6.45, 7) is 0. The number of rotatable bonds is 3. The van der Waals surface area contributed by atoms with E-state index in [1.54, 1.807) is 0 Å². The molecule has 1 aliphatic carbocycles. The molecule has 3 rings (SSSR count). The van der Waals surface area contributed by atoms with Crippen molar-refractivity contribution in [1.82, 2.24) is 14.8 Å². The first-order chi connectivity index (χ1) is 11.7. The quantitative estimate of drug-likeness (QED) is 0.826. The van der Waals surface area contributed by atoms with E-state index in [2.05, 4.69) is 10.1 Å². The van der Waals surface area contributed by atoms with Crippen molar-refractivity contribution in [3.8, 4) is 5.69 Å². The summed E-state index contributed by atoms with van der Waals surface area (Å²) in [4.78, 5) is 3.78. The maximum atomic E-state index is 13.0. The lowest BCUT2D eigenvalue weighted by Crippen LogP contribution is -2.08. The summed E-state index contributed by atoms with van der Waals surface area (Å²) in [5.41, 5.74) is 1.05. The molecule has 0 spiro atoms. The van der Waals surface area contributed by atoms with Crippen LogP contribution in [0, 0.1) is 0 Å². The number of benzene rings is 1. The first-order valence-electron chi connectivity index (χ1n) is 7.70. The van der Waals surface area contributed by atoms with Gasteiger partial charge in [-0.05, 0) is 55.5 Å². The van der Waals surface area contributed by atoms with Gasteiger partial charge in [-0.1, -0.05) is 6.08 Å². The van der Waals surface area contributed by atoms with Crippen molar-refractivity contribution in [2.75, 3.05) is 6.26 Å². The minimum atomic E-state index is -4.65. The molecule has 1 aliphatic rings. The second-order valence-electron chi connectivity index (χ2n) is 5.91. The molecule has 5 nitrogen and oxygen atoms in total. The lowest BCUT2D eigenvalue weighted by molar-refractivity contribution is -0.144. The van der Waals surface area contributed by atoms with Crippen LogP contribution >= 0.6 is 0 Å². The molecule has 0 atom stereocenters. The van der Waals surface area contributed by atoms with Gasteiger partial charge in [0.2, 0.25) is 0 Å². The van der Waals surface area contributed by atoms with Gasteiger partial charge in [-0.2, -0.15) is 13.2 Å². The normalized spacial score (nSPS) is 15.9.